The summed E-state index contributed by atoms with van der Waals surface area (Å²) in [6.07, 6.45) is -2.95. The molecule has 0 aromatic heterocycles. The fourth-order valence-corrected chi connectivity index (χ4v) is 4.17. The Morgan fingerprint density at radius 3 is 2.00 bits per heavy atom. The van der Waals surface area contributed by atoms with Crippen LogP contribution in [0.5, 0.6) is 0 Å². The van der Waals surface area contributed by atoms with Gasteiger partial charge in [-0.1, -0.05) is 95.8 Å². The van der Waals surface area contributed by atoms with Gasteiger partial charge in [-0.05, 0) is 28.8 Å². The van der Waals surface area contributed by atoms with Crippen LogP contribution in [0.1, 0.15) is 23.6 Å². The molecule has 0 amide bonds. The lowest BCUT2D eigenvalue weighted by molar-refractivity contribution is -0.216. The summed E-state index contributed by atoms with van der Waals surface area (Å²) in [6, 6.07) is 28.0. The molecule has 1 saturated heterocycles. The van der Waals surface area contributed by atoms with Gasteiger partial charge < -0.3 is 18.9 Å². The lowest BCUT2D eigenvalue weighted by Gasteiger charge is -2.43. The summed E-state index contributed by atoms with van der Waals surface area (Å²) >= 11 is 0. The third-order valence-electron chi connectivity index (χ3n) is 6.00. The van der Waals surface area contributed by atoms with Gasteiger partial charge in [-0.3, -0.25) is 4.79 Å². The van der Waals surface area contributed by atoms with Gasteiger partial charge in [0.15, 0.2) is 0 Å². The minimum Gasteiger partial charge on any atom is -0.463 e. The van der Waals surface area contributed by atoms with Gasteiger partial charge in [-0.2, -0.15) is 0 Å². The van der Waals surface area contributed by atoms with Gasteiger partial charge in [0, 0.05) is 17.4 Å². The van der Waals surface area contributed by atoms with E-state index in [-0.39, 0.29) is 19.8 Å². The predicted molar refractivity (Wildman–Crippen MR) is 142 cm³/mol. The molecule has 3 aromatic carbocycles. The maximum atomic E-state index is 11.7. The first-order chi connectivity index (χ1) is 18.6. The number of rotatable bonds is 9. The summed E-state index contributed by atoms with van der Waals surface area (Å²) in [5, 5.41) is 4.05. The molecule has 0 aliphatic carbocycles. The molecule has 0 radical (unpaired) electrons. The van der Waals surface area contributed by atoms with Gasteiger partial charge in [-0.15, -0.1) is 0 Å². The zero-order chi connectivity index (χ0) is 26.6. The van der Waals surface area contributed by atoms with E-state index in [1.165, 1.54) is 6.92 Å². The number of ether oxygens (including phenoxy) is 4. The zero-order valence-electron chi connectivity index (χ0n) is 21.1. The van der Waals surface area contributed by atoms with Gasteiger partial charge >= 0.3 is 5.97 Å². The number of benzene rings is 3. The molecular weight excluding hydrogens is 482 g/mol. The molecule has 0 bridgehead atoms. The van der Waals surface area contributed by atoms with Crippen molar-refractivity contribution < 1.29 is 23.7 Å². The van der Waals surface area contributed by atoms with Crippen LogP contribution >= 0.6 is 0 Å². The summed E-state index contributed by atoms with van der Waals surface area (Å²) in [4.78, 5) is 14.8. The zero-order valence-corrected chi connectivity index (χ0v) is 21.1. The molecule has 8 nitrogen and oxygen atoms in total. The van der Waals surface area contributed by atoms with Crippen molar-refractivity contribution in [1.29, 1.82) is 0 Å². The molecule has 1 fully saturated rings. The number of hydrogen-bond donors (Lipinski definition) is 0. The fourth-order valence-electron chi connectivity index (χ4n) is 4.17. The lowest BCUT2D eigenvalue weighted by atomic mass is 9.92. The van der Waals surface area contributed by atoms with Crippen LogP contribution in [-0.4, -0.2) is 43.0 Å². The van der Waals surface area contributed by atoms with Gasteiger partial charge in [-0.25, -0.2) is 0 Å². The minimum absolute atomic E-state index is 0.0630. The Hall–Kier alpha value is -4.12. The molecule has 4 rings (SSSR count). The van der Waals surface area contributed by atoms with Gasteiger partial charge in [0.2, 0.25) is 0 Å². The number of esters is 1. The van der Waals surface area contributed by atoms with Gasteiger partial charge in [0.1, 0.15) is 31.0 Å². The normalized spacial score (nSPS) is 22.4. The number of azide groups is 1. The number of nitrogens with zero attached hydrogens (tertiary/aromatic N) is 3. The summed E-state index contributed by atoms with van der Waals surface area (Å²) in [5.41, 5.74) is 12.1. The molecule has 0 spiro atoms. The molecule has 38 heavy (non-hydrogen) atoms. The molecule has 1 aliphatic rings. The first-order valence-corrected chi connectivity index (χ1v) is 12.3. The monoisotopic (exact) mass is 511 g/mol. The fraction of sp³-hybridized carbons (Fsp3) is 0.300. The highest BCUT2D eigenvalue weighted by Crippen LogP contribution is 2.30. The maximum absolute atomic E-state index is 11.7. The molecule has 1 heterocycles. The van der Waals surface area contributed by atoms with Crippen LogP contribution in [0.2, 0.25) is 0 Å². The standard InChI is InChI=1S/C30H29N3O5/c1-22(34)35-21-27-29(36-19-24-13-7-3-8-14-24)30(37-20-25-15-9-4-10-16-25)28(32-33-31)26(38-27)18-17-23-11-5-2-6-12-23/h2-16,26-30H,19-21H2,1H3/t26?,27-,28+,29+,30-/m1/s1. The van der Waals surface area contributed by atoms with E-state index in [1.54, 1.807) is 0 Å². The Bertz CT molecular complexity index is 1270. The van der Waals surface area contributed by atoms with E-state index in [0.29, 0.717) is 0 Å². The van der Waals surface area contributed by atoms with Crippen molar-refractivity contribution in [1.82, 2.24) is 0 Å². The molecule has 194 valence electrons. The second-order valence-corrected chi connectivity index (χ2v) is 8.75. The minimum atomic E-state index is -0.816. The Morgan fingerprint density at radius 1 is 0.895 bits per heavy atom. The highest BCUT2D eigenvalue weighted by molar-refractivity contribution is 5.65. The van der Waals surface area contributed by atoms with Crippen LogP contribution in [0.25, 0.3) is 10.4 Å². The van der Waals surface area contributed by atoms with E-state index in [1.807, 2.05) is 91.0 Å². The van der Waals surface area contributed by atoms with Crippen LogP contribution in [0.3, 0.4) is 0 Å². The Labute approximate surface area is 222 Å². The van der Waals surface area contributed by atoms with Crippen LogP contribution in [-0.2, 0) is 37.0 Å². The SMILES string of the molecule is CC(=O)OC[C@H]1OC(C#Cc2ccccc2)[C@H](N=[N+]=[N-])[C@@H](OCc2ccccc2)[C@H]1OCc1ccccc1. The first kappa shape index (κ1) is 26.9. The summed E-state index contributed by atoms with van der Waals surface area (Å²) < 4.78 is 24.3. The van der Waals surface area contributed by atoms with Crippen molar-refractivity contribution in [2.24, 2.45) is 5.11 Å². The lowest BCUT2D eigenvalue weighted by Crippen LogP contribution is -2.59. The van der Waals surface area contributed by atoms with Crippen molar-refractivity contribution in [3.8, 4) is 11.8 Å². The van der Waals surface area contributed by atoms with Crippen LogP contribution in [0, 0.1) is 11.8 Å². The predicted octanol–water partition coefficient (Wildman–Crippen LogP) is 5.22. The summed E-state index contributed by atoms with van der Waals surface area (Å²) in [7, 11) is 0. The van der Waals surface area contributed by atoms with Crippen molar-refractivity contribution in [3.63, 3.8) is 0 Å². The molecular formula is C30H29N3O5. The van der Waals surface area contributed by atoms with Gasteiger partial charge in [0.25, 0.3) is 0 Å². The van der Waals surface area contributed by atoms with E-state index < -0.39 is 36.4 Å². The van der Waals surface area contributed by atoms with E-state index in [4.69, 9.17) is 18.9 Å². The molecule has 1 unspecified atom stereocenters. The summed E-state index contributed by atoms with van der Waals surface area (Å²) in [5.74, 6) is 5.75. The summed E-state index contributed by atoms with van der Waals surface area (Å²) in [6.45, 7) is 1.79. The van der Waals surface area contributed by atoms with Crippen molar-refractivity contribution in [2.75, 3.05) is 6.61 Å². The van der Waals surface area contributed by atoms with E-state index >= 15 is 0 Å². The molecule has 8 heteroatoms. The van der Waals surface area contributed by atoms with E-state index in [0.717, 1.165) is 16.7 Å². The molecule has 0 saturated carbocycles. The topological polar surface area (TPSA) is 103 Å². The quantitative estimate of drug-likeness (QED) is 0.129. The third-order valence-corrected chi connectivity index (χ3v) is 6.00. The highest BCUT2D eigenvalue weighted by atomic mass is 16.6. The Morgan fingerprint density at radius 2 is 1.45 bits per heavy atom. The van der Waals surface area contributed by atoms with Crippen molar-refractivity contribution in [3.05, 3.63) is 118 Å². The van der Waals surface area contributed by atoms with Crippen LogP contribution in [0.15, 0.2) is 96.1 Å². The molecule has 1 aliphatic heterocycles. The molecule has 0 N–H and O–H groups in total. The molecule has 3 aromatic rings. The Balaban J connectivity index is 1.67. The average Bonchev–Trinajstić information content (AvgIpc) is 2.95. The second kappa shape index (κ2) is 14.0. The van der Waals surface area contributed by atoms with Crippen molar-refractivity contribution >= 4 is 5.97 Å². The van der Waals surface area contributed by atoms with Crippen molar-refractivity contribution in [2.45, 2.75) is 50.6 Å². The highest BCUT2D eigenvalue weighted by Gasteiger charge is 2.47. The number of carbonyl (C=O) groups excluding carboxylic acids is 1. The Kier molecular flexibility index (Phi) is 9.91. The smallest absolute Gasteiger partial charge is 0.302 e. The van der Waals surface area contributed by atoms with Crippen LogP contribution in [0.4, 0.5) is 0 Å². The first-order valence-electron chi connectivity index (χ1n) is 12.3. The van der Waals surface area contributed by atoms with Crippen LogP contribution < -0.4 is 0 Å². The largest absolute Gasteiger partial charge is 0.463 e. The average molecular weight is 512 g/mol. The maximum Gasteiger partial charge on any atom is 0.302 e. The van der Waals surface area contributed by atoms with E-state index in [2.05, 4.69) is 21.9 Å². The third kappa shape index (κ3) is 7.69. The number of carbonyl (C=O) groups is 1. The number of hydrogen-bond acceptors (Lipinski definition) is 6. The van der Waals surface area contributed by atoms with Gasteiger partial charge in [0.05, 0.1) is 19.3 Å². The second-order valence-electron chi connectivity index (χ2n) is 8.75. The van der Waals surface area contributed by atoms with E-state index in [9.17, 15) is 10.3 Å². The molecule has 5 atom stereocenters.